The molecule has 0 aliphatic carbocycles. The Balaban J connectivity index is 0.00000300. The van der Waals surface area contributed by atoms with Crippen LogP contribution in [0.4, 0.5) is 8.78 Å². The number of guanidine groups is 1. The average Bonchev–Trinajstić information content (AvgIpc) is 3.09. The summed E-state index contributed by atoms with van der Waals surface area (Å²) in [7, 11) is 0. The molecule has 3 N–H and O–H groups in total. The van der Waals surface area contributed by atoms with Crippen molar-refractivity contribution in [2.24, 2.45) is 4.99 Å². The van der Waals surface area contributed by atoms with Gasteiger partial charge in [-0.2, -0.15) is 5.26 Å². The molecule has 8 heteroatoms. The van der Waals surface area contributed by atoms with Gasteiger partial charge in [0.1, 0.15) is 11.6 Å². The van der Waals surface area contributed by atoms with Gasteiger partial charge in [-0.15, -0.1) is 24.0 Å². The van der Waals surface area contributed by atoms with Crippen molar-refractivity contribution in [3.63, 3.8) is 0 Å². The van der Waals surface area contributed by atoms with Crippen LogP contribution in [0, 0.1) is 23.0 Å². The van der Waals surface area contributed by atoms with Crippen LogP contribution in [-0.2, 0) is 13.0 Å². The van der Waals surface area contributed by atoms with E-state index in [1.165, 1.54) is 30.3 Å². The van der Waals surface area contributed by atoms with E-state index >= 15 is 0 Å². The third-order valence-electron chi connectivity index (χ3n) is 4.34. The zero-order valence-corrected chi connectivity index (χ0v) is 18.3. The van der Waals surface area contributed by atoms with Gasteiger partial charge in [0, 0.05) is 35.8 Å². The van der Waals surface area contributed by atoms with Crippen molar-refractivity contribution < 1.29 is 8.78 Å². The maximum atomic E-state index is 13.9. The number of benzene rings is 2. The van der Waals surface area contributed by atoms with Crippen molar-refractivity contribution >= 4 is 40.8 Å². The van der Waals surface area contributed by atoms with Crippen molar-refractivity contribution in [1.82, 2.24) is 15.6 Å². The van der Waals surface area contributed by atoms with Gasteiger partial charge in [-0.1, -0.05) is 0 Å². The highest BCUT2D eigenvalue weighted by atomic mass is 127. The fraction of sp³-hybridized carbons (Fsp3) is 0.238. The number of aliphatic imine (C=N–C) groups is 1. The Labute approximate surface area is 185 Å². The quantitative estimate of drug-likeness (QED) is 0.265. The number of aromatic nitrogens is 1. The molecule has 152 valence electrons. The number of rotatable bonds is 6. The van der Waals surface area contributed by atoms with Crippen molar-refractivity contribution in [2.75, 3.05) is 13.1 Å². The van der Waals surface area contributed by atoms with Gasteiger partial charge in [0.2, 0.25) is 0 Å². The van der Waals surface area contributed by atoms with Crippen molar-refractivity contribution in [3.8, 4) is 6.07 Å². The molecular weight excluding hydrogens is 487 g/mol. The molecule has 0 saturated carbocycles. The number of nitriles is 1. The molecule has 0 radical (unpaired) electrons. The van der Waals surface area contributed by atoms with Gasteiger partial charge in [0.25, 0.3) is 0 Å². The lowest BCUT2D eigenvalue weighted by molar-refractivity contribution is 0.610. The molecule has 0 bridgehead atoms. The number of halogens is 3. The van der Waals surface area contributed by atoms with E-state index in [4.69, 9.17) is 5.26 Å². The largest absolute Gasteiger partial charge is 0.361 e. The summed E-state index contributed by atoms with van der Waals surface area (Å²) in [4.78, 5) is 7.53. The molecule has 0 aliphatic rings. The van der Waals surface area contributed by atoms with Crippen LogP contribution in [0.2, 0.25) is 0 Å². The van der Waals surface area contributed by atoms with E-state index in [0.717, 1.165) is 16.5 Å². The lowest BCUT2D eigenvalue weighted by Crippen LogP contribution is -2.38. The molecule has 0 unspecified atom stereocenters. The SMILES string of the molecule is CCNC(=NCc1cc(C#N)ccc1F)NCCc1c[nH]c2ccc(F)cc12.I. The molecule has 29 heavy (non-hydrogen) atoms. The van der Waals surface area contributed by atoms with Crippen molar-refractivity contribution in [1.29, 1.82) is 5.26 Å². The van der Waals surface area contributed by atoms with Gasteiger partial charge < -0.3 is 15.6 Å². The zero-order chi connectivity index (χ0) is 19.9. The second-order valence-corrected chi connectivity index (χ2v) is 6.29. The summed E-state index contributed by atoms with van der Waals surface area (Å²) < 4.78 is 27.4. The molecule has 0 amide bonds. The summed E-state index contributed by atoms with van der Waals surface area (Å²) in [5.74, 6) is -0.104. The van der Waals surface area contributed by atoms with Crippen LogP contribution >= 0.6 is 24.0 Å². The Kier molecular flexibility index (Phi) is 8.39. The second-order valence-electron chi connectivity index (χ2n) is 6.29. The zero-order valence-electron chi connectivity index (χ0n) is 15.9. The minimum Gasteiger partial charge on any atom is -0.361 e. The highest BCUT2D eigenvalue weighted by molar-refractivity contribution is 14.0. The maximum absolute atomic E-state index is 13.9. The van der Waals surface area contributed by atoms with Crippen LogP contribution < -0.4 is 10.6 Å². The van der Waals surface area contributed by atoms with Crippen LogP contribution in [-0.4, -0.2) is 24.0 Å². The fourth-order valence-electron chi connectivity index (χ4n) is 2.94. The monoisotopic (exact) mass is 509 g/mol. The normalized spacial score (nSPS) is 11.0. The van der Waals surface area contributed by atoms with Crippen LogP contribution in [0.5, 0.6) is 0 Å². The Morgan fingerprint density at radius 2 is 1.97 bits per heavy atom. The molecule has 2 aromatic carbocycles. The van der Waals surface area contributed by atoms with Crippen molar-refractivity contribution in [2.45, 2.75) is 19.9 Å². The van der Waals surface area contributed by atoms with Crippen LogP contribution in [0.15, 0.2) is 47.6 Å². The third kappa shape index (κ3) is 5.90. The Morgan fingerprint density at radius 1 is 1.14 bits per heavy atom. The highest BCUT2D eigenvalue weighted by Gasteiger charge is 2.07. The first-order valence-corrected chi connectivity index (χ1v) is 9.07. The summed E-state index contributed by atoms with van der Waals surface area (Å²) in [5, 5.41) is 16.1. The number of fused-ring (bicyclic) bond motifs is 1. The van der Waals surface area contributed by atoms with E-state index in [2.05, 4.69) is 20.6 Å². The van der Waals surface area contributed by atoms with Gasteiger partial charge in [-0.25, -0.2) is 13.8 Å². The molecule has 3 rings (SSSR count). The number of aromatic amines is 1. The van der Waals surface area contributed by atoms with E-state index in [1.807, 2.05) is 19.2 Å². The fourth-order valence-corrected chi connectivity index (χ4v) is 2.94. The summed E-state index contributed by atoms with van der Waals surface area (Å²) >= 11 is 0. The van der Waals surface area contributed by atoms with Crippen LogP contribution in [0.1, 0.15) is 23.6 Å². The molecular formula is C21H22F2IN5. The van der Waals surface area contributed by atoms with E-state index in [0.29, 0.717) is 36.6 Å². The standard InChI is InChI=1S/C21H21F2N5.HI/c1-2-25-21(28-13-16-9-14(11-24)3-5-19(16)23)26-8-7-15-12-27-20-6-4-17(22)10-18(15)20;/h3-6,9-10,12,27H,2,7-8,13H2,1H3,(H2,25,26,28);1H. The summed E-state index contributed by atoms with van der Waals surface area (Å²) in [6.45, 7) is 3.30. The van der Waals surface area contributed by atoms with Gasteiger partial charge in [0.15, 0.2) is 5.96 Å². The highest BCUT2D eigenvalue weighted by Crippen LogP contribution is 2.19. The molecule has 1 heterocycles. The van der Waals surface area contributed by atoms with Crippen molar-refractivity contribution in [3.05, 3.63) is 70.9 Å². The first-order chi connectivity index (χ1) is 13.6. The smallest absolute Gasteiger partial charge is 0.191 e. The Bertz CT molecular complexity index is 1040. The second kappa shape index (κ2) is 10.8. The lowest BCUT2D eigenvalue weighted by atomic mass is 10.1. The minimum absolute atomic E-state index is 0. The van der Waals surface area contributed by atoms with E-state index in [-0.39, 0.29) is 42.2 Å². The molecule has 0 aliphatic heterocycles. The predicted octanol–water partition coefficient (Wildman–Crippen LogP) is 4.23. The number of H-pyrrole nitrogens is 1. The summed E-state index contributed by atoms with van der Waals surface area (Å²) in [5.41, 5.74) is 2.66. The van der Waals surface area contributed by atoms with Gasteiger partial charge in [0.05, 0.1) is 18.2 Å². The predicted molar refractivity (Wildman–Crippen MR) is 121 cm³/mol. The lowest BCUT2D eigenvalue weighted by Gasteiger charge is -2.11. The summed E-state index contributed by atoms with van der Waals surface area (Å²) in [6, 6.07) is 10.9. The molecule has 0 saturated heterocycles. The maximum Gasteiger partial charge on any atom is 0.191 e. The molecule has 0 spiro atoms. The van der Waals surface area contributed by atoms with Crippen LogP contribution in [0.3, 0.4) is 0 Å². The number of nitrogens with zero attached hydrogens (tertiary/aromatic N) is 2. The minimum atomic E-state index is -0.389. The van der Waals surface area contributed by atoms with Gasteiger partial charge >= 0.3 is 0 Å². The first-order valence-electron chi connectivity index (χ1n) is 9.07. The number of hydrogen-bond donors (Lipinski definition) is 3. The van der Waals surface area contributed by atoms with E-state index in [1.54, 1.807) is 6.07 Å². The molecule has 0 fully saturated rings. The van der Waals surface area contributed by atoms with E-state index < -0.39 is 0 Å². The summed E-state index contributed by atoms with van der Waals surface area (Å²) in [6.07, 6.45) is 2.55. The molecule has 5 nitrogen and oxygen atoms in total. The average molecular weight is 509 g/mol. The van der Waals surface area contributed by atoms with Crippen LogP contribution in [0.25, 0.3) is 10.9 Å². The van der Waals surface area contributed by atoms with Gasteiger partial charge in [-0.05, 0) is 55.3 Å². The number of nitrogens with one attached hydrogen (secondary N) is 3. The molecule has 1 aromatic heterocycles. The first kappa shape index (κ1) is 22.6. The molecule has 0 atom stereocenters. The van der Waals surface area contributed by atoms with E-state index in [9.17, 15) is 8.78 Å². The topological polar surface area (TPSA) is 76.0 Å². The Morgan fingerprint density at radius 3 is 2.72 bits per heavy atom. The van der Waals surface area contributed by atoms with Gasteiger partial charge in [-0.3, -0.25) is 0 Å². The third-order valence-corrected chi connectivity index (χ3v) is 4.34. The number of hydrogen-bond acceptors (Lipinski definition) is 2. The Hall–Kier alpha value is -2.67. The molecule has 3 aromatic rings.